The molecular weight excluding hydrogens is 304 g/mol. The molecule has 0 aromatic carbocycles. The average Bonchev–Trinajstić information content (AvgIpc) is 2.38. The van der Waals surface area contributed by atoms with Crippen LogP contribution in [0.5, 0.6) is 0 Å². The summed E-state index contributed by atoms with van der Waals surface area (Å²) in [5, 5.41) is 0. The van der Waals surface area contributed by atoms with Crippen LogP contribution < -0.4 is 0 Å². The van der Waals surface area contributed by atoms with Crippen molar-refractivity contribution >= 4 is 55.2 Å². The minimum Gasteiger partial charge on any atom is -0.384 e. The average molecular weight is 324 g/mol. The Kier molecular flexibility index (Phi) is 9.86. The van der Waals surface area contributed by atoms with E-state index in [2.05, 4.69) is 37.9 Å². The van der Waals surface area contributed by atoms with Crippen LogP contribution in [0.25, 0.3) is 0 Å². The Morgan fingerprint density at radius 3 is 1.37 bits per heavy atom. The van der Waals surface area contributed by atoms with Gasteiger partial charge in [-0.25, -0.2) is 0 Å². The highest BCUT2D eigenvalue weighted by atomic mass is 32.1. The van der Waals surface area contributed by atoms with Gasteiger partial charge in [0.25, 0.3) is 0 Å². The Morgan fingerprint density at radius 2 is 1.16 bits per heavy atom. The number of hydrogen-bond acceptors (Lipinski definition) is 7. The van der Waals surface area contributed by atoms with Gasteiger partial charge in [0.1, 0.15) is 17.3 Å². The monoisotopic (exact) mass is 324 g/mol. The van der Waals surface area contributed by atoms with Crippen molar-refractivity contribution in [1.29, 1.82) is 0 Å². The van der Waals surface area contributed by atoms with Crippen molar-refractivity contribution in [2.45, 2.75) is 19.3 Å². The van der Waals surface area contributed by atoms with Gasteiger partial charge in [-0.3, -0.25) is 14.4 Å². The lowest BCUT2D eigenvalue weighted by Crippen LogP contribution is -2.35. The number of ketones is 3. The van der Waals surface area contributed by atoms with Crippen molar-refractivity contribution in [2.24, 2.45) is 5.41 Å². The Morgan fingerprint density at radius 1 is 0.842 bits per heavy atom. The number of Topliss-reactive ketones (excluding diaryl/α,β-unsaturated/α-hetero) is 3. The molecule has 0 rings (SSSR count). The highest BCUT2D eigenvalue weighted by Crippen LogP contribution is 2.33. The molecule has 19 heavy (non-hydrogen) atoms. The van der Waals surface area contributed by atoms with Crippen LogP contribution in [-0.2, 0) is 19.1 Å². The van der Waals surface area contributed by atoms with Gasteiger partial charge in [-0.2, -0.15) is 37.9 Å². The predicted molar refractivity (Wildman–Crippen MR) is 84.7 cm³/mol. The maximum Gasteiger partial charge on any atom is 0.143 e. The highest BCUT2D eigenvalue weighted by Gasteiger charge is 2.36. The minimum atomic E-state index is -0.797. The largest absolute Gasteiger partial charge is 0.384 e. The third-order valence-corrected chi connectivity index (χ3v) is 3.75. The number of thiol groups is 3. The first kappa shape index (κ1) is 19.0. The summed E-state index contributed by atoms with van der Waals surface area (Å²) >= 11 is 11.8. The summed E-state index contributed by atoms with van der Waals surface area (Å²) in [6, 6.07) is 0. The zero-order chi connectivity index (χ0) is 14.9. The number of hydrogen-bond donors (Lipinski definition) is 3. The molecule has 0 spiro atoms. The first-order valence-electron chi connectivity index (χ1n) is 5.79. The van der Waals surface area contributed by atoms with E-state index in [1.807, 2.05) is 0 Å². The van der Waals surface area contributed by atoms with Gasteiger partial charge in [0.05, 0.1) is 6.61 Å². The van der Waals surface area contributed by atoms with E-state index in [9.17, 15) is 14.4 Å². The first-order valence-corrected chi connectivity index (χ1v) is 7.69. The lowest BCUT2D eigenvalue weighted by Gasteiger charge is -2.31. The lowest BCUT2D eigenvalue weighted by molar-refractivity contribution is -0.127. The molecule has 4 nitrogen and oxygen atoms in total. The number of methoxy groups -OCH3 is 1. The van der Waals surface area contributed by atoms with Crippen LogP contribution in [0.4, 0.5) is 0 Å². The summed E-state index contributed by atoms with van der Waals surface area (Å²) in [5.41, 5.74) is -0.797. The number of carbonyl (C=O) groups is 3. The van der Waals surface area contributed by atoms with Crippen molar-refractivity contribution in [1.82, 2.24) is 0 Å². The molecule has 0 aliphatic rings. The minimum absolute atomic E-state index is 0.0790. The van der Waals surface area contributed by atoms with Gasteiger partial charge in [0.2, 0.25) is 0 Å². The van der Waals surface area contributed by atoms with Crippen LogP contribution in [0.3, 0.4) is 0 Å². The highest BCUT2D eigenvalue weighted by molar-refractivity contribution is 7.81. The maximum absolute atomic E-state index is 11.6. The fraction of sp³-hybridized carbons (Fsp3) is 0.750. The second-order valence-corrected chi connectivity index (χ2v) is 5.50. The first-order chi connectivity index (χ1) is 8.92. The van der Waals surface area contributed by atoms with Gasteiger partial charge in [-0.05, 0) is 0 Å². The van der Waals surface area contributed by atoms with E-state index < -0.39 is 5.41 Å². The molecule has 0 saturated heterocycles. The van der Waals surface area contributed by atoms with Crippen LogP contribution in [0.15, 0.2) is 0 Å². The summed E-state index contributed by atoms with van der Waals surface area (Å²) in [5.74, 6) is -0.0984. The molecule has 0 aromatic heterocycles. The third kappa shape index (κ3) is 7.39. The fourth-order valence-corrected chi connectivity index (χ4v) is 2.40. The van der Waals surface area contributed by atoms with Gasteiger partial charge in [-0.15, -0.1) is 0 Å². The smallest absolute Gasteiger partial charge is 0.143 e. The Labute approximate surface area is 130 Å². The van der Waals surface area contributed by atoms with E-state index in [0.29, 0.717) is 0 Å². The molecule has 0 heterocycles. The van der Waals surface area contributed by atoms with Crippen LogP contribution >= 0.6 is 37.9 Å². The molecule has 7 heteroatoms. The molecule has 110 valence electrons. The molecule has 0 saturated carbocycles. The van der Waals surface area contributed by atoms with E-state index in [1.165, 1.54) is 7.11 Å². The van der Waals surface area contributed by atoms with Crippen LogP contribution in [0.1, 0.15) is 19.3 Å². The third-order valence-electron chi connectivity index (χ3n) is 2.70. The van der Waals surface area contributed by atoms with Gasteiger partial charge in [0.15, 0.2) is 0 Å². The Hall–Kier alpha value is 0.0200. The fourth-order valence-electron chi connectivity index (χ4n) is 2.07. The van der Waals surface area contributed by atoms with Gasteiger partial charge in [0, 0.05) is 49.0 Å². The molecular formula is C12H20O4S3. The second kappa shape index (κ2) is 9.85. The van der Waals surface area contributed by atoms with E-state index in [-0.39, 0.29) is 60.5 Å². The summed E-state index contributed by atoms with van der Waals surface area (Å²) < 4.78 is 5.11. The molecule has 0 N–H and O–H groups in total. The van der Waals surface area contributed by atoms with Gasteiger partial charge >= 0.3 is 0 Å². The van der Waals surface area contributed by atoms with Crippen molar-refractivity contribution in [3.63, 3.8) is 0 Å². The molecule has 0 bridgehead atoms. The number of rotatable bonds is 11. The summed E-state index contributed by atoms with van der Waals surface area (Å²) in [4.78, 5) is 34.9. The molecule has 0 amide bonds. The molecule has 0 fully saturated rings. The standard InChI is InChI=1S/C12H20O4S3/c1-16-8-12(2-9(13)5-17,3-10(14)6-18)4-11(15)7-19/h17-19H,2-8H2,1H3. The Balaban J connectivity index is 5.12. The van der Waals surface area contributed by atoms with E-state index in [4.69, 9.17) is 4.74 Å². The SMILES string of the molecule is COCC(CC(=O)CS)(CC(=O)CS)CC(=O)CS. The normalized spacial score (nSPS) is 11.4. The number of carbonyl (C=O) groups excluding carboxylic acids is 3. The Bertz CT molecular complexity index is 285. The molecule has 0 unspecified atom stereocenters. The summed E-state index contributed by atoms with van der Waals surface area (Å²) in [6.45, 7) is 0.172. The van der Waals surface area contributed by atoms with Gasteiger partial charge in [-0.1, -0.05) is 0 Å². The molecule has 0 radical (unpaired) electrons. The summed E-state index contributed by atoms with van der Waals surface area (Å²) in [7, 11) is 1.48. The summed E-state index contributed by atoms with van der Waals surface area (Å²) in [6.07, 6.45) is 0.302. The zero-order valence-corrected chi connectivity index (χ0v) is 13.6. The van der Waals surface area contributed by atoms with Crippen LogP contribution in [0, 0.1) is 5.41 Å². The van der Waals surface area contributed by atoms with Crippen molar-refractivity contribution in [2.75, 3.05) is 31.0 Å². The van der Waals surface area contributed by atoms with E-state index >= 15 is 0 Å². The van der Waals surface area contributed by atoms with Crippen LogP contribution in [0.2, 0.25) is 0 Å². The van der Waals surface area contributed by atoms with Crippen molar-refractivity contribution in [3.8, 4) is 0 Å². The number of ether oxygens (including phenoxy) is 1. The molecule has 0 aromatic rings. The quantitative estimate of drug-likeness (QED) is 0.501. The van der Waals surface area contributed by atoms with Crippen molar-refractivity contribution < 1.29 is 19.1 Å². The van der Waals surface area contributed by atoms with Crippen molar-refractivity contribution in [3.05, 3.63) is 0 Å². The maximum atomic E-state index is 11.6. The molecule has 0 aliphatic heterocycles. The molecule has 0 atom stereocenters. The van der Waals surface area contributed by atoms with Gasteiger partial charge < -0.3 is 4.74 Å². The van der Waals surface area contributed by atoms with E-state index in [1.54, 1.807) is 0 Å². The van der Waals surface area contributed by atoms with Crippen LogP contribution in [-0.4, -0.2) is 48.3 Å². The van der Waals surface area contributed by atoms with E-state index in [0.717, 1.165) is 0 Å². The zero-order valence-electron chi connectivity index (χ0n) is 10.9. The lowest BCUT2D eigenvalue weighted by atomic mass is 9.75. The predicted octanol–water partition coefficient (Wildman–Crippen LogP) is 1.29. The molecule has 0 aliphatic carbocycles. The second-order valence-electron chi connectivity index (χ2n) is 4.55. The topological polar surface area (TPSA) is 60.4 Å².